The Kier molecular flexibility index (Phi) is 3.46. The van der Waals surface area contributed by atoms with Crippen molar-refractivity contribution in [2.75, 3.05) is 6.54 Å². The summed E-state index contributed by atoms with van der Waals surface area (Å²) in [7, 11) is 0. The van der Waals surface area contributed by atoms with Crippen LogP contribution in [0.5, 0.6) is 5.75 Å². The molecule has 1 amide bonds. The van der Waals surface area contributed by atoms with Gasteiger partial charge in [0.15, 0.2) is 0 Å². The van der Waals surface area contributed by atoms with E-state index in [0.717, 1.165) is 0 Å². The van der Waals surface area contributed by atoms with E-state index in [-0.39, 0.29) is 17.6 Å². The summed E-state index contributed by atoms with van der Waals surface area (Å²) in [6, 6.07) is 3.92. The van der Waals surface area contributed by atoms with Crippen molar-refractivity contribution in [2.24, 2.45) is 5.92 Å². The highest BCUT2D eigenvalue weighted by Gasteiger charge is 2.40. The largest absolute Gasteiger partial charge is 0.508 e. The molecular formula is C14H17NO4. The average Bonchev–Trinajstić information content (AvgIpc) is 2.74. The minimum absolute atomic E-state index is 0.0463. The fourth-order valence-electron chi connectivity index (χ4n) is 2.56. The van der Waals surface area contributed by atoms with E-state index in [1.807, 2.05) is 6.92 Å². The van der Waals surface area contributed by atoms with Crippen LogP contribution < -0.4 is 0 Å². The molecule has 19 heavy (non-hydrogen) atoms. The summed E-state index contributed by atoms with van der Waals surface area (Å²) in [5.41, 5.74) is 0.844. The van der Waals surface area contributed by atoms with Gasteiger partial charge in [0.1, 0.15) is 11.8 Å². The monoisotopic (exact) mass is 263 g/mol. The quantitative estimate of drug-likeness (QED) is 0.850. The first-order valence-electron chi connectivity index (χ1n) is 6.26. The third-order valence-corrected chi connectivity index (χ3v) is 3.75. The number of amides is 1. The van der Waals surface area contributed by atoms with Gasteiger partial charge in [-0.2, -0.15) is 0 Å². The molecule has 5 nitrogen and oxygen atoms in total. The topological polar surface area (TPSA) is 77.8 Å². The van der Waals surface area contributed by atoms with Crippen molar-refractivity contribution >= 4 is 11.9 Å². The van der Waals surface area contributed by atoms with Gasteiger partial charge in [0.2, 0.25) is 0 Å². The van der Waals surface area contributed by atoms with Gasteiger partial charge in [-0.25, -0.2) is 4.79 Å². The van der Waals surface area contributed by atoms with Crippen LogP contribution in [-0.4, -0.2) is 39.6 Å². The number of benzene rings is 1. The Bertz CT molecular complexity index is 526. The number of carboxylic acids is 1. The van der Waals surface area contributed by atoms with E-state index in [0.29, 0.717) is 24.1 Å². The van der Waals surface area contributed by atoms with Gasteiger partial charge in [0, 0.05) is 17.7 Å². The molecule has 1 saturated heterocycles. The number of nitrogens with zero attached hydrogens (tertiary/aromatic N) is 1. The molecule has 0 aromatic heterocycles. The number of carbonyl (C=O) groups is 2. The molecule has 1 aliphatic heterocycles. The van der Waals surface area contributed by atoms with Crippen molar-refractivity contribution in [2.45, 2.75) is 26.3 Å². The molecule has 0 saturated carbocycles. The number of phenolic OH excluding ortho intramolecular Hbond substituents is 1. The Morgan fingerprint density at radius 2 is 2.05 bits per heavy atom. The normalized spacial score (nSPS) is 22.5. The number of aliphatic carboxylic acids is 1. The molecule has 2 unspecified atom stereocenters. The van der Waals surface area contributed by atoms with Gasteiger partial charge in [0.05, 0.1) is 0 Å². The maximum absolute atomic E-state index is 12.4. The standard InChI is InChI=1S/C14H17NO4/c1-8-6-7-15(12(8)14(18)19)13(17)10-4-3-5-11(16)9(10)2/h3-5,8,12,16H,6-7H2,1-2H3,(H,18,19). The van der Waals surface area contributed by atoms with Crippen molar-refractivity contribution in [3.05, 3.63) is 29.3 Å². The zero-order valence-corrected chi connectivity index (χ0v) is 11.0. The lowest BCUT2D eigenvalue weighted by molar-refractivity contribution is -0.142. The van der Waals surface area contributed by atoms with Crippen LogP contribution in [0, 0.1) is 12.8 Å². The third kappa shape index (κ3) is 2.28. The van der Waals surface area contributed by atoms with Gasteiger partial charge >= 0.3 is 5.97 Å². The van der Waals surface area contributed by atoms with E-state index in [2.05, 4.69) is 0 Å². The Morgan fingerprint density at radius 3 is 2.68 bits per heavy atom. The second-order valence-electron chi connectivity index (χ2n) is 5.00. The first-order valence-corrected chi connectivity index (χ1v) is 6.26. The molecule has 0 bridgehead atoms. The number of carbonyl (C=O) groups excluding carboxylic acids is 1. The maximum atomic E-state index is 12.4. The Morgan fingerprint density at radius 1 is 1.37 bits per heavy atom. The fraction of sp³-hybridized carbons (Fsp3) is 0.429. The summed E-state index contributed by atoms with van der Waals surface area (Å²) >= 11 is 0. The number of carboxylic acid groups (broad SMARTS) is 1. The van der Waals surface area contributed by atoms with E-state index >= 15 is 0 Å². The molecule has 0 aliphatic carbocycles. The summed E-state index contributed by atoms with van der Waals surface area (Å²) in [4.78, 5) is 25.1. The van der Waals surface area contributed by atoms with Crippen molar-refractivity contribution < 1.29 is 19.8 Å². The van der Waals surface area contributed by atoms with Crippen LogP contribution in [0.1, 0.15) is 29.3 Å². The number of aromatic hydroxyl groups is 1. The third-order valence-electron chi connectivity index (χ3n) is 3.75. The number of hydrogen-bond acceptors (Lipinski definition) is 3. The van der Waals surface area contributed by atoms with Gasteiger partial charge in [0.25, 0.3) is 5.91 Å². The minimum atomic E-state index is -0.976. The number of phenols is 1. The van der Waals surface area contributed by atoms with Gasteiger partial charge in [-0.05, 0) is 31.4 Å². The number of likely N-dealkylation sites (tertiary alicyclic amines) is 1. The van der Waals surface area contributed by atoms with Crippen molar-refractivity contribution in [3.63, 3.8) is 0 Å². The zero-order valence-electron chi connectivity index (χ0n) is 11.0. The molecular weight excluding hydrogens is 246 g/mol. The van der Waals surface area contributed by atoms with E-state index < -0.39 is 12.0 Å². The van der Waals surface area contributed by atoms with Crippen molar-refractivity contribution in [1.29, 1.82) is 0 Å². The molecule has 1 aromatic carbocycles. The highest BCUT2D eigenvalue weighted by molar-refractivity contribution is 5.98. The number of hydrogen-bond donors (Lipinski definition) is 2. The van der Waals surface area contributed by atoms with Crippen LogP contribution in [0.15, 0.2) is 18.2 Å². The Balaban J connectivity index is 2.34. The smallest absolute Gasteiger partial charge is 0.326 e. The second kappa shape index (κ2) is 4.91. The zero-order chi connectivity index (χ0) is 14.2. The molecule has 102 valence electrons. The van der Waals surface area contributed by atoms with Crippen LogP contribution in [-0.2, 0) is 4.79 Å². The molecule has 1 fully saturated rings. The van der Waals surface area contributed by atoms with Crippen LogP contribution in [0.25, 0.3) is 0 Å². The molecule has 5 heteroatoms. The van der Waals surface area contributed by atoms with E-state index in [1.54, 1.807) is 19.1 Å². The molecule has 2 N–H and O–H groups in total. The van der Waals surface area contributed by atoms with E-state index in [4.69, 9.17) is 0 Å². The highest BCUT2D eigenvalue weighted by atomic mass is 16.4. The summed E-state index contributed by atoms with van der Waals surface area (Å²) in [6.07, 6.45) is 0.681. The lowest BCUT2D eigenvalue weighted by atomic mass is 10.0. The maximum Gasteiger partial charge on any atom is 0.326 e. The van der Waals surface area contributed by atoms with Crippen LogP contribution in [0.4, 0.5) is 0 Å². The van der Waals surface area contributed by atoms with E-state index in [1.165, 1.54) is 11.0 Å². The van der Waals surface area contributed by atoms with Crippen molar-refractivity contribution in [3.8, 4) is 5.75 Å². The van der Waals surface area contributed by atoms with E-state index in [9.17, 15) is 19.8 Å². The van der Waals surface area contributed by atoms with Gasteiger partial charge in [-0.15, -0.1) is 0 Å². The van der Waals surface area contributed by atoms with Gasteiger partial charge < -0.3 is 15.1 Å². The average molecular weight is 263 g/mol. The highest BCUT2D eigenvalue weighted by Crippen LogP contribution is 2.28. The molecule has 0 radical (unpaired) electrons. The van der Waals surface area contributed by atoms with Crippen molar-refractivity contribution in [1.82, 2.24) is 4.90 Å². The first kappa shape index (κ1) is 13.4. The molecule has 1 aliphatic rings. The Hall–Kier alpha value is -2.04. The second-order valence-corrected chi connectivity index (χ2v) is 5.00. The lowest BCUT2D eigenvalue weighted by Gasteiger charge is -2.24. The first-order chi connectivity index (χ1) is 8.93. The van der Waals surface area contributed by atoms with Crippen LogP contribution in [0.3, 0.4) is 0 Å². The van der Waals surface area contributed by atoms with Crippen LogP contribution in [0.2, 0.25) is 0 Å². The summed E-state index contributed by atoms with van der Waals surface area (Å²) < 4.78 is 0. The fourth-order valence-corrected chi connectivity index (χ4v) is 2.56. The predicted octanol–water partition coefficient (Wildman–Crippen LogP) is 1.64. The van der Waals surface area contributed by atoms with Crippen LogP contribution >= 0.6 is 0 Å². The predicted molar refractivity (Wildman–Crippen MR) is 69.1 cm³/mol. The molecule has 0 spiro atoms. The lowest BCUT2D eigenvalue weighted by Crippen LogP contribution is -2.43. The number of rotatable bonds is 2. The van der Waals surface area contributed by atoms with Gasteiger partial charge in [-0.1, -0.05) is 13.0 Å². The molecule has 2 rings (SSSR count). The summed E-state index contributed by atoms with van der Waals surface area (Å²) in [5, 5.41) is 18.9. The van der Waals surface area contributed by atoms with Gasteiger partial charge in [-0.3, -0.25) is 4.79 Å². The molecule has 1 heterocycles. The summed E-state index contributed by atoms with van der Waals surface area (Å²) in [6.45, 7) is 3.92. The summed E-state index contributed by atoms with van der Waals surface area (Å²) in [5.74, 6) is -1.31. The molecule has 1 aromatic rings. The minimum Gasteiger partial charge on any atom is -0.508 e. The Labute approximate surface area is 111 Å². The molecule has 2 atom stereocenters. The SMILES string of the molecule is Cc1c(O)cccc1C(=O)N1CCC(C)C1C(=O)O.